The number of carbonyl (C=O) groups is 2. The second kappa shape index (κ2) is 13.4. The summed E-state index contributed by atoms with van der Waals surface area (Å²) in [5, 5.41) is 0. The van der Waals surface area contributed by atoms with Gasteiger partial charge in [0.1, 0.15) is 0 Å². The van der Waals surface area contributed by atoms with E-state index in [9.17, 15) is 9.59 Å². The minimum atomic E-state index is -0.462. The maximum absolute atomic E-state index is 12.3. The smallest absolute Gasteiger partial charge is 0.339 e. The molecule has 1 rings (SSSR count). The van der Waals surface area contributed by atoms with E-state index in [0.29, 0.717) is 13.2 Å². The standard InChI is InChI=1S/C22H34O4/c1-4-5-16-25-21(23)19-14-10-11-15-20(19)22(24)26-17-12-8-6-7-9-13-18(2)3/h10-11,14-15,18H,4-9,12-13,16-17H2,1-3H3. The normalized spacial score (nSPS) is 10.8. The Kier molecular flexibility index (Phi) is 11.4. The van der Waals surface area contributed by atoms with Crippen molar-refractivity contribution in [2.24, 2.45) is 5.92 Å². The summed E-state index contributed by atoms with van der Waals surface area (Å²) >= 11 is 0. The van der Waals surface area contributed by atoms with Gasteiger partial charge < -0.3 is 9.47 Å². The summed E-state index contributed by atoms with van der Waals surface area (Å²) in [6.45, 7) is 7.29. The van der Waals surface area contributed by atoms with Gasteiger partial charge in [-0.1, -0.05) is 71.4 Å². The predicted molar refractivity (Wildman–Crippen MR) is 104 cm³/mol. The van der Waals surface area contributed by atoms with Crippen LogP contribution in [0.25, 0.3) is 0 Å². The van der Waals surface area contributed by atoms with Crippen LogP contribution < -0.4 is 0 Å². The summed E-state index contributed by atoms with van der Waals surface area (Å²) in [6.07, 6.45) is 8.64. The molecule has 0 aromatic heterocycles. The van der Waals surface area contributed by atoms with Gasteiger partial charge in [-0.15, -0.1) is 0 Å². The molecule has 0 fully saturated rings. The highest BCUT2D eigenvalue weighted by Gasteiger charge is 2.18. The molecule has 0 atom stereocenters. The average Bonchev–Trinajstić information content (AvgIpc) is 2.63. The fourth-order valence-corrected chi connectivity index (χ4v) is 2.65. The lowest BCUT2D eigenvalue weighted by Crippen LogP contribution is -2.15. The SMILES string of the molecule is CCCCOC(=O)c1ccccc1C(=O)OCCCCCCCC(C)C. The maximum atomic E-state index is 12.3. The lowest BCUT2D eigenvalue weighted by atomic mass is 10.0. The first-order chi connectivity index (χ1) is 12.6. The molecule has 0 radical (unpaired) electrons. The van der Waals surface area contributed by atoms with Crippen LogP contribution in [0.15, 0.2) is 24.3 Å². The summed E-state index contributed by atoms with van der Waals surface area (Å²) < 4.78 is 10.6. The summed E-state index contributed by atoms with van der Waals surface area (Å²) in [5.74, 6) is -0.145. The monoisotopic (exact) mass is 362 g/mol. The highest BCUT2D eigenvalue weighted by molar-refractivity contribution is 6.03. The van der Waals surface area contributed by atoms with Crippen LogP contribution in [0, 0.1) is 5.92 Å². The van der Waals surface area contributed by atoms with Crippen molar-refractivity contribution >= 4 is 11.9 Å². The second-order valence-electron chi connectivity index (χ2n) is 7.12. The fraction of sp³-hybridized carbons (Fsp3) is 0.636. The zero-order chi connectivity index (χ0) is 19.2. The Labute approximate surface area is 158 Å². The molecule has 1 aromatic carbocycles. The zero-order valence-electron chi connectivity index (χ0n) is 16.6. The lowest BCUT2D eigenvalue weighted by molar-refractivity contribution is 0.0451. The molecule has 0 unspecified atom stereocenters. The number of carbonyl (C=O) groups excluding carboxylic acids is 2. The van der Waals surface area contributed by atoms with E-state index in [1.165, 1.54) is 25.7 Å². The van der Waals surface area contributed by atoms with Gasteiger partial charge in [0.15, 0.2) is 0 Å². The molecular weight excluding hydrogens is 328 g/mol. The summed E-state index contributed by atoms with van der Waals surface area (Å²) in [4.78, 5) is 24.4. The molecule has 0 N–H and O–H groups in total. The van der Waals surface area contributed by atoms with Gasteiger partial charge in [0.25, 0.3) is 0 Å². The molecule has 0 saturated heterocycles. The van der Waals surface area contributed by atoms with E-state index in [1.54, 1.807) is 24.3 Å². The Bertz CT molecular complexity index is 537. The van der Waals surface area contributed by atoms with Crippen LogP contribution in [0.4, 0.5) is 0 Å². The van der Waals surface area contributed by atoms with Gasteiger partial charge in [0.05, 0.1) is 24.3 Å². The number of hydrogen-bond acceptors (Lipinski definition) is 4. The third kappa shape index (κ3) is 9.02. The molecule has 0 bridgehead atoms. The first-order valence-corrected chi connectivity index (χ1v) is 9.99. The molecule has 0 heterocycles. The molecule has 0 amide bonds. The van der Waals surface area contributed by atoms with Gasteiger partial charge in [-0.2, -0.15) is 0 Å². The van der Waals surface area contributed by atoms with Crippen molar-refractivity contribution in [3.8, 4) is 0 Å². The van der Waals surface area contributed by atoms with E-state index in [4.69, 9.17) is 9.47 Å². The van der Waals surface area contributed by atoms with E-state index >= 15 is 0 Å². The minimum Gasteiger partial charge on any atom is -0.462 e. The van der Waals surface area contributed by atoms with Gasteiger partial charge in [-0.3, -0.25) is 0 Å². The van der Waals surface area contributed by atoms with E-state index in [-0.39, 0.29) is 11.1 Å². The van der Waals surface area contributed by atoms with Crippen molar-refractivity contribution in [2.45, 2.75) is 72.1 Å². The highest BCUT2D eigenvalue weighted by Crippen LogP contribution is 2.14. The molecule has 0 aliphatic rings. The van der Waals surface area contributed by atoms with Crippen molar-refractivity contribution in [1.82, 2.24) is 0 Å². The van der Waals surface area contributed by atoms with Crippen molar-refractivity contribution in [1.29, 1.82) is 0 Å². The Hall–Kier alpha value is -1.84. The number of benzene rings is 1. The van der Waals surface area contributed by atoms with Gasteiger partial charge >= 0.3 is 11.9 Å². The van der Waals surface area contributed by atoms with Crippen molar-refractivity contribution in [3.63, 3.8) is 0 Å². The number of esters is 2. The molecular formula is C22H34O4. The Morgan fingerprint density at radius 2 is 1.31 bits per heavy atom. The highest BCUT2D eigenvalue weighted by atomic mass is 16.5. The number of rotatable bonds is 13. The summed E-state index contributed by atoms with van der Waals surface area (Å²) in [7, 11) is 0. The van der Waals surface area contributed by atoms with Crippen LogP contribution in [0.5, 0.6) is 0 Å². The number of ether oxygens (including phenoxy) is 2. The van der Waals surface area contributed by atoms with E-state index in [2.05, 4.69) is 13.8 Å². The molecule has 0 aliphatic heterocycles. The van der Waals surface area contributed by atoms with Crippen LogP contribution in [-0.4, -0.2) is 25.2 Å². The lowest BCUT2D eigenvalue weighted by Gasteiger charge is -2.10. The molecule has 146 valence electrons. The quantitative estimate of drug-likeness (QED) is 0.329. The predicted octanol–water partition coefficient (Wildman–Crippen LogP) is 5.80. The summed E-state index contributed by atoms with van der Waals surface area (Å²) in [6, 6.07) is 6.68. The van der Waals surface area contributed by atoms with Crippen LogP contribution in [0.3, 0.4) is 0 Å². The zero-order valence-corrected chi connectivity index (χ0v) is 16.6. The van der Waals surface area contributed by atoms with Gasteiger partial charge in [-0.25, -0.2) is 9.59 Å². The molecule has 4 nitrogen and oxygen atoms in total. The maximum Gasteiger partial charge on any atom is 0.339 e. The number of hydrogen-bond donors (Lipinski definition) is 0. The van der Waals surface area contributed by atoms with Gasteiger partial charge in [0, 0.05) is 0 Å². The Morgan fingerprint density at radius 3 is 1.85 bits per heavy atom. The molecule has 1 aromatic rings. The van der Waals surface area contributed by atoms with Crippen LogP contribution in [-0.2, 0) is 9.47 Å². The fourth-order valence-electron chi connectivity index (χ4n) is 2.65. The molecule has 0 spiro atoms. The molecule has 0 aliphatic carbocycles. The van der Waals surface area contributed by atoms with Crippen molar-refractivity contribution < 1.29 is 19.1 Å². The third-order valence-electron chi connectivity index (χ3n) is 4.26. The molecule has 0 saturated carbocycles. The largest absolute Gasteiger partial charge is 0.462 e. The Balaban J connectivity index is 2.35. The van der Waals surface area contributed by atoms with Crippen LogP contribution >= 0.6 is 0 Å². The van der Waals surface area contributed by atoms with Crippen molar-refractivity contribution in [3.05, 3.63) is 35.4 Å². The first-order valence-electron chi connectivity index (χ1n) is 9.99. The average molecular weight is 363 g/mol. The van der Waals surface area contributed by atoms with Gasteiger partial charge in [0.2, 0.25) is 0 Å². The third-order valence-corrected chi connectivity index (χ3v) is 4.26. The Morgan fingerprint density at radius 1 is 0.808 bits per heavy atom. The first kappa shape index (κ1) is 22.2. The number of unbranched alkanes of at least 4 members (excludes halogenated alkanes) is 5. The van der Waals surface area contributed by atoms with E-state index in [1.807, 2.05) is 6.92 Å². The molecule has 26 heavy (non-hydrogen) atoms. The minimum absolute atomic E-state index is 0.280. The van der Waals surface area contributed by atoms with E-state index < -0.39 is 11.9 Å². The summed E-state index contributed by atoms with van der Waals surface area (Å²) in [5.41, 5.74) is 0.563. The van der Waals surface area contributed by atoms with Gasteiger partial charge in [-0.05, 0) is 30.9 Å². The van der Waals surface area contributed by atoms with E-state index in [0.717, 1.165) is 31.6 Å². The van der Waals surface area contributed by atoms with Crippen LogP contribution in [0.2, 0.25) is 0 Å². The molecule has 4 heteroatoms. The van der Waals surface area contributed by atoms with Crippen LogP contribution in [0.1, 0.15) is 92.9 Å². The second-order valence-corrected chi connectivity index (χ2v) is 7.12. The van der Waals surface area contributed by atoms with Crippen molar-refractivity contribution in [2.75, 3.05) is 13.2 Å². The topological polar surface area (TPSA) is 52.6 Å².